The van der Waals surface area contributed by atoms with Crippen molar-refractivity contribution >= 4 is 5.78 Å². The first kappa shape index (κ1) is 15.9. The van der Waals surface area contributed by atoms with E-state index in [1.165, 1.54) is 0 Å². The molecule has 0 aliphatic heterocycles. The number of hydrogen-bond acceptors (Lipinski definition) is 3. The van der Waals surface area contributed by atoms with Crippen LogP contribution in [0.2, 0.25) is 0 Å². The van der Waals surface area contributed by atoms with Crippen LogP contribution in [0.5, 0.6) is 0 Å². The third kappa shape index (κ3) is 5.53. The van der Waals surface area contributed by atoms with Gasteiger partial charge in [-0.25, -0.2) is 0 Å². The van der Waals surface area contributed by atoms with Gasteiger partial charge in [0.1, 0.15) is 0 Å². The van der Waals surface area contributed by atoms with Gasteiger partial charge < -0.3 is 9.84 Å². The van der Waals surface area contributed by atoms with Crippen molar-refractivity contribution in [3.05, 3.63) is 35.9 Å². The number of carbonyl (C=O) groups excluding carboxylic acids is 1. The zero-order chi connectivity index (χ0) is 14.3. The average Bonchev–Trinajstić information content (AvgIpc) is 2.38. The molecule has 0 aliphatic rings. The molecular weight excluding hydrogens is 240 g/mol. The minimum atomic E-state index is -1.36. The highest BCUT2D eigenvalue weighted by molar-refractivity contribution is 5.98. The normalized spacial score (nSPS) is 14.4. The van der Waals surface area contributed by atoms with Crippen LogP contribution in [-0.2, 0) is 4.74 Å². The van der Waals surface area contributed by atoms with Gasteiger partial charge >= 0.3 is 0 Å². The second-order valence-electron chi connectivity index (χ2n) is 5.26. The quantitative estimate of drug-likeness (QED) is 0.578. The van der Waals surface area contributed by atoms with E-state index in [1.807, 2.05) is 6.07 Å². The van der Waals surface area contributed by atoms with E-state index in [4.69, 9.17) is 4.74 Å². The third-order valence-electron chi connectivity index (χ3n) is 2.95. The van der Waals surface area contributed by atoms with Gasteiger partial charge in [-0.3, -0.25) is 4.79 Å². The van der Waals surface area contributed by atoms with Crippen LogP contribution < -0.4 is 0 Å². The molecule has 0 heterocycles. The van der Waals surface area contributed by atoms with Crippen LogP contribution in [0, 0.1) is 5.92 Å². The lowest BCUT2D eigenvalue weighted by Crippen LogP contribution is -2.30. The van der Waals surface area contributed by atoms with E-state index < -0.39 is 6.29 Å². The van der Waals surface area contributed by atoms with Crippen LogP contribution >= 0.6 is 0 Å². The minimum Gasteiger partial charge on any atom is -0.362 e. The maximum Gasteiger partial charge on any atom is 0.220 e. The molecule has 0 fully saturated rings. The molecule has 1 aromatic rings. The zero-order valence-corrected chi connectivity index (χ0v) is 12.0. The fourth-order valence-corrected chi connectivity index (χ4v) is 2.08. The lowest BCUT2D eigenvalue weighted by atomic mass is 10.0. The van der Waals surface area contributed by atoms with Crippen molar-refractivity contribution in [2.75, 3.05) is 0 Å². The number of ether oxygens (including phenoxy) is 1. The Hall–Kier alpha value is -1.19. The highest BCUT2D eigenvalue weighted by Gasteiger charge is 2.22. The molecule has 0 radical (unpaired) electrons. The van der Waals surface area contributed by atoms with E-state index in [2.05, 4.69) is 20.8 Å². The second kappa shape index (κ2) is 8.08. The predicted molar refractivity (Wildman–Crippen MR) is 76.0 cm³/mol. The molecule has 0 saturated carbocycles. The number of rotatable bonds is 8. The Morgan fingerprint density at radius 1 is 1.26 bits per heavy atom. The minimum absolute atomic E-state index is 0.0623. The van der Waals surface area contributed by atoms with Gasteiger partial charge in [-0.1, -0.05) is 57.5 Å². The summed E-state index contributed by atoms with van der Waals surface area (Å²) in [7, 11) is 0. The number of hydrogen-bond donors (Lipinski definition) is 1. The molecule has 3 heteroatoms. The molecule has 0 spiro atoms. The first-order valence-corrected chi connectivity index (χ1v) is 6.97. The van der Waals surface area contributed by atoms with Crippen LogP contribution in [0.3, 0.4) is 0 Å². The summed E-state index contributed by atoms with van der Waals surface area (Å²) in [5.74, 6) is 0.112. The molecule has 3 nitrogen and oxygen atoms in total. The van der Waals surface area contributed by atoms with Gasteiger partial charge in [-0.05, 0) is 18.8 Å². The van der Waals surface area contributed by atoms with Gasteiger partial charge in [0.25, 0.3) is 0 Å². The molecule has 1 rings (SSSR count). The highest BCUT2D eigenvalue weighted by Crippen LogP contribution is 2.16. The Labute approximate surface area is 115 Å². The monoisotopic (exact) mass is 264 g/mol. The SMILES string of the molecule is CCCC(CC(C)C)OC(O)C(=O)c1ccccc1. The fourth-order valence-electron chi connectivity index (χ4n) is 2.08. The highest BCUT2D eigenvalue weighted by atomic mass is 16.6. The summed E-state index contributed by atoms with van der Waals surface area (Å²) in [6, 6.07) is 8.76. The molecular formula is C16H24O3. The van der Waals surface area contributed by atoms with Crippen LogP contribution in [-0.4, -0.2) is 23.3 Å². The van der Waals surface area contributed by atoms with E-state index in [1.54, 1.807) is 24.3 Å². The third-order valence-corrected chi connectivity index (χ3v) is 2.95. The molecule has 1 N–H and O–H groups in total. The molecule has 2 atom stereocenters. The van der Waals surface area contributed by atoms with E-state index in [0.717, 1.165) is 19.3 Å². The number of carbonyl (C=O) groups is 1. The summed E-state index contributed by atoms with van der Waals surface area (Å²) in [4.78, 5) is 12.0. The van der Waals surface area contributed by atoms with Crippen molar-refractivity contribution < 1.29 is 14.6 Å². The molecule has 0 aliphatic carbocycles. The molecule has 1 aromatic carbocycles. The standard InChI is InChI=1S/C16H24O3/c1-4-8-14(11-12(2)3)19-16(18)15(17)13-9-6-5-7-10-13/h5-7,9-10,12,14,16,18H,4,8,11H2,1-3H3. The molecule has 106 valence electrons. The lowest BCUT2D eigenvalue weighted by Gasteiger charge is -2.22. The molecule has 0 aromatic heterocycles. The maximum atomic E-state index is 12.0. The molecule has 0 amide bonds. The van der Waals surface area contributed by atoms with Crippen LogP contribution in [0.4, 0.5) is 0 Å². The van der Waals surface area contributed by atoms with Gasteiger partial charge in [0.05, 0.1) is 6.10 Å². The van der Waals surface area contributed by atoms with E-state index >= 15 is 0 Å². The van der Waals surface area contributed by atoms with Gasteiger partial charge in [0, 0.05) is 5.56 Å². The van der Waals surface area contributed by atoms with Crippen LogP contribution in [0.1, 0.15) is 50.4 Å². The number of benzene rings is 1. The Bertz CT molecular complexity index is 373. The molecule has 2 unspecified atom stereocenters. The number of ketones is 1. The number of aliphatic hydroxyl groups is 1. The summed E-state index contributed by atoms with van der Waals surface area (Å²) < 4.78 is 5.52. The Morgan fingerprint density at radius 3 is 2.42 bits per heavy atom. The van der Waals surface area contributed by atoms with E-state index in [9.17, 15) is 9.90 Å². The van der Waals surface area contributed by atoms with E-state index in [-0.39, 0.29) is 11.9 Å². The van der Waals surface area contributed by atoms with Crippen molar-refractivity contribution in [2.24, 2.45) is 5.92 Å². The average molecular weight is 264 g/mol. The van der Waals surface area contributed by atoms with Gasteiger partial charge in [0.2, 0.25) is 12.1 Å². The summed E-state index contributed by atoms with van der Waals surface area (Å²) >= 11 is 0. The topological polar surface area (TPSA) is 46.5 Å². The Morgan fingerprint density at radius 2 is 1.89 bits per heavy atom. The van der Waals surface area contributed by atoms with Gasteiger partial charge in [0.15, 0.2) is 0 Å². The van der Waals surface area contributed by atoms with Crippen molar-refractivity contribution in [3.8, 4) is 0 Å². The first-order chi connectivity index (χ1) is 9.04. The van der Waals surface area contributed by atoms with Crippen molar-refractivity contribution in [3.63, 3.8) is 0 Å². The lowest BCUT2D eigenvalue weighted by molar-refractivity contribution is -0.115. The van der Waals surface area contributed by atoms with Crippen molar-refractivity contribution in [1.29, 1.82) is 0 Å². The summed E-state index contributed by atoms with van der Waals surface area (Å²) in [6.07, 6.45) is 1.26. The van der Waals surface area contributed by atoms with E-state index in [0.29, 0.717) is 11.5 Å². The fraction of sp³-hybridized carbons (Fsp3) is 0.562. The Kier molecular flexibility index (Phi) is 6.74. The predicted octanol–water partition coefficient (Wildman–Crippen LogP) is 3.42. The summed E-state index contributed by atoms with van der Waals surface area (Å²) in [5.41, 5.74) is 0.481. The van der Waals surface area contributed by atoms with Crippen molar-refractivity contribution in [1.82, 2.24) is 0 Å². The van der Waals surface area contributed by atoms with Crippen LogP contribution in [0.15, 0.2) is 30.3 Å². The Balaban J connectivity index is 2.60. The van der Waals surface area contributed by atoms with Gasteiger partial charge in [-0.15, -0.1) is 0 Å². The zero-order valence-electron chi connectivity index (χ0n) is 12.0. The molecule has 0 saturated heterocycles. The smallest absolute Gasteiger partial charge is 0.220 e. The largest absolute Gasteiger partial charge is 0.362 e. The number of aliphatic hydroxyl groups excluding tert-OH is 1. The molecule has 19 heavy (non-hydrogen) atoms. The number of Topliss-reactive ketones (excluding diaryl/α,β-unsaturated/α-hetero) is 1. The first-order valence-electron chi connectivity index (χ1n) is 6.97. The van der Waals surface area contributed by atoms with Crippen LogP contribution in [0.25, 0.3) is 0 Å². The maximum absolute atomic E-state index is 12.0. The van der Waals surface area contributed by atoms with Gasteiger partial charge in [-0.2, -0.15) is 0 Å². The molecule has 0 bridgehead atoms. The summed E-state index contributed by atoms with van der Waals surface area (Å²) in [5, 5.41) is 9.91. The second-order valence-corrected chi connectivity index (χ2v) is 5.26. The van der Waals surface area contributed by atoms with Crippen molar-refractivity contribution in [2.45, 2.75) is 52.4 Å². The summed E-state index contributed by atoms with van der Waals surface area (Å²) in [6.45, 7) is 6.29.